The van der Waals surface area contributed by atoms with Crippen LogP contribution < -0.4 is 10.1 Å². The number of aromatic nitrogens is 5. The van der Waals surface area contributed by atoms with Crippen LogP contribution in [0, 0.1) is 6.92 Å². The highest BCUT2D eigenvalue weighted by Gasteiger charge is 2.16. The molecule has 4 rings (SSSR count). The maximum Gasteiger partial charge on any atom is 0.208 e. The molecule has 0 unspecified atom stereocenters. The van der Waals surface area contributed by atoms with E-state index in [0.29, 0.717) is 22.4 Å². The Morgan fingerprint density at radius 1 is 1.12 bits per heavy atom. The largest absolute Gasteiger partial charge is 0.452 e. The lowest BCUT2D eigenvalue weighted by molar-refractivity contribution is 0.0897. The van der Waals surface area contributed by atoms with Gasteiger partial charge in [-0.15, -0.1) is 12.4 Å². The molecular formula is C20H19ClN6O3S2. The van der Waals surface area contributed by atoms with Gasteiger partial charge in [0.05, 0.1) is 12.3 Å². The van der Waals surface area contributed by atoms with Crippen molar-refractivity contribution in [1.82, 2.24) is 24.3 Å². The lowest BCUT2D eigenvalue weighted by Crippen LogP contribution is -2.04. The van der Waals surface area contributed by atoms with Gasteiger partial charge in [0.1, 0.15) is 16.9 Å². The Labute approximate surface area is 198 Å². The van der Waals surface area contributed by atoms with Crippen molar-refractivity contribution in [2.45, 2.75) is 22.9 Å². The van der Waals surface area contributed by atoms with Gasteiger partial charge in [-0.3, -0.25) is 4.98 Å². The molecule has 4 aromatic heterocycles. The first kappa shape index (κ1) is 23.8. The standard InChI is InChI=1S/C20H18N6O3S2.ClH/c1-12-15(5-4-8-21-12)29-16-9-13(30-17-6-2-3-7-22-17)10-23-19(16)25-20-24-18(26-31-20)14(28)11-27;/h2-10,14,27-28H,11H2,1H3,(H,23,24,25,26);1H/t14-;/m1./s1. The zero-order valence-corrected chi connectivity index (χ0v) is 19.2. The number of nitrogens with one attached hydrogen (secondary N) is 1. The predicted molar refractivity (Wildman–Crippen MR) is 124 cm³/mol. The van der Waals surface area contributed by atoms with Gasteiger partial charge in [0, 0.05) is 41.1 Å². The smallest absolute Gasteiger partial charge is 0.208 e. The lowest BCUT2D eigenvalue weighted by Gasteiger charge is -2.13. The number of aryl methyl sites for hydroxylation is 1. The molecule has 166 valence electrons. The summed E-state index contributed by atoms with van der Waals surface area (Å²) in [7, 11) is 0. The van der Waals surface area contributed by atoms with E-state index in [9.17, 15) is 5.11 Å². The van der Waals surface area contributed by atoms with Gasteiger partial charge in [-0.25, -0.2) is 15.0 Å². The molecule has 32 heavy (non-hydrogen) atoms. The highest BCUT2D eigenvalue weighted by atomic mass is 35.5. The van der Waals surface area contributed by atoms with Gasteiger partial charge >= 0.3 is 0 Å². The van der Waals surface area contributed by atoms with E-state index in [2.05, 4.69) is 29.6 Å². The number of ether oxygens (including phenoxy) is 1. The molecule has 0 aromatic carbocycles. The average molecular weight is 491 g/mol. The van der Waals surface area contributed by atoms with Crippen LogP contribution in [0.1, 0.15) is 17.6 Å². The minimum absolute atomic E-state index is 0. The second-order valence-corrected chi connectivity index (χ2v) is 8.10. The zero-order valence-electron chi connectivity index (χ0n) is 16.7. The number of hydrogen-bond acceptors (Lipinski definition) is 11. The summed E-state index contributed by atoms with van der Waals surface area (Å²) in [6.45, 7) is 1.40. The number of nitrogens with zero attached hydrogens (tertiary/aromatic N) is 5. The highest BCUT2D eigenvalue weighted by molar-refractivity contribution is 7.99. The van der Waals surface area contributed by atoms with Gasteiger partial charge in [-0.05, 0) is 31.2 Å². The summed E-state index contributed by atoms with van der Waals surface area (Å²) in [5.41, 5.74) is 0.737. The van der Waals surface area contributed by atoms with Gasteiger partial charge in [-0.2, -0.15) is 4.37 Å². The first-order valence-electron chi connectivity index (χ1n) is 9.20. The Morgan fingerprint density at radius 3 is 2.72 bits per heavy atom. The summed E-state index contributed by atoms with van der Waals surface area (Å²) in [5.74, 6) is 1.63. The van der Waals surface area contributed by atoms with Crippen molar-refractivity contribution in [3.8, 4) is 11.5 Å². The van der Waals surface area contributed by atoms with E-state index in [0.717, 1.165) is 27.1 Å². The third-order valence-electron chi connectivity index (χ3n) is 4.00. The molecule has 0 fully saturated rings. The summed E-state index contributed by atoms with van der Waals surface area (Å²) < 4.78 is 10.2. The number of hydrogen-bond donors (Lipinski definition) is 3. The molecule has 3 N–H and O–H groups in total. The first-order valence-corrected chi connectivity index (χ1v) is 10.8. The molecule has 12 heteroatoms. The Morgan fingerprint density at radius 2 is 1.97 bits per heavy atom. The third-order valence-corrected chi connectivity index (χ3v) is 5.56. The number of aliphatic hydroxyl groups is 2. The molecule has 1 atom stereocenters. The Kier molecular flexibility index (Phi) is 8.31. The summed E-state index contributed by atoms with van der Waals surface area (Å²) in [6.07, 6.45) is 4.00. The summed E-state index contributed by atoms with van der Waals surface area (Å²) >= 11 is 2.51. The van der Waals surface area contributed by atoms with Crippen molar-refractivity contribution >= 4 is 46.7 Å². The van der Waals surface area contributed by atoms with Crippen LogP contribution in [0.25, 0.3) is 0 Å². The van der Waals surface area contributed by atoms with Crippen LogP contribution in [0.5, 0.6) is 11.5 Å². The van der Waals surface area contributed by atoms with Crippen molar-refractivity contribution in [2.24, 2.45) is 0 Å². The summed E-state index contributed by atoms with van der Waals surface area (Å²) in [6, 6.07) is 11.2. The molecule has 0 amide bonds. The molecule has 0 radical (unpaired) electrons. The molecular weight excluding hydrogens is 472 g/mol. The first-order chi connectivity index (χ1) is 15.1. The summed E-state index contributed by atoms with van der Waals surface area (Å²) in [4.78, 5) is 18.1. The van der Waals surface area contributed by atoms with Crippen LogP contribution in [-0.4, -0.2) is 41.1 Å². The van der Waals surface area contributed by atoms with E-state index in [1.807, 2.05) is 37.3 Å². The normalized spacial score (nSPS) is 11.5. The molecule has 0 aliphatic rings. The minimum Gasteiger partial charge on any atom is -0.452 e. The van der Waals surface area contributed by atoms with Crippen LogP contribution in [0.3, 0.4) is 0 Å². The van der Waals surface area contributed by atoms with Crippen molar-refractivity contribution in [3.63, 3.8) is 0 Å². The van der Waals surface area contributed by atoms with Crippen molar-refractivity contribution in [3.05, 3.63) is 66.5 Å². The van der Waals surface area contributed by atoms with E-state index < -0.39 is 12.7 Å². The lowest BCUT2D eigenvalue weighted by atomic mass is 10.3. The topological polar surface area (TPSA) is 126 Å². The monoisotopic (exact) mass is 490 g/mol. The van der Waals surface area contributed by atoms with Gasteiger partial charge in [0.25, 0.3) is 0 Å². The Hall–Kier alpha value is -2.83. The predicted octanol–water partition coefficient (Wildman–Crippen LogP) is 4.17. The van der Waals surface area contributed by atoms with E-state index in [4.69, 9.17) is 9.84 Å². The SMILES string of the molecule is Cc1ncccc1Oc1cc(Sc2ccccn2)cnc1Nc1nc([C@H](O)CO)ns1.Cl. The Bertz CT molecular complexity index is 1170. The second kappa shape index (κ2) is 11.2. The van der Waals surface area contributed by atoms with Gasteiger partial charge in [0.15, 0.2) is 17.4 Å². The highest BCUT2D eigenvalue weighted by Crippen LogP contribution is 2.36. The van der Waals surface area contributed by atoms with E-state index >= 15 is 0 Å². The van der Waals surface area contributed by atoms with Crippen molar-refractivity contribution in [2.75, 3.05) is 11.9 Å². The van der Waals surface area contributed by atoms with Crippen LogP contribution in [0.15, 0.2) is 64.9 Å². The molecule has 0 spiro atoms. The molecule has 9 nitrogen and oxygen atoms in total. The quantitative estimate of drug-likeness (QED) is 0.331. The fourth-order valence-electron chi connectivity index (χ4n) is 2.48. The van der Waals surface area contributed by atoms with Gasteiger partial charge in [0.2, 0.25) is 5.13 Å². The number of anilines is 2. The number of aliphatic hydroxyl groups excluding tert-OH is 2. The van der Waals surface area contributed by atoms with Crippen LogP contribution >= 0.6 is 35.7 Å². The molecule has 4 heterocycles. The van der Waals surface area contributed by atoms with Crippen LogP contribution in [0.4, 0.5) is 10.9 Å². The second-order valence-electron chi connectivity index (χ2n) is 6.26. The maximum absolute atomic E-state index is 9.71. The number of rotatable bonds is 8. The van der Waals surface area contributed by atoms with E-state index in [-0.39, 0.29) is 18.2 Å². The Balaban J connectivity index is 0.00000289. The number of halogens is 1. The zero-order chi connectivity index (χ0) is 21.6. The maximum atomic E-state index is 9.71. The van der Waals surface area contributed by atoms with E-state index in [1.54, 1.807) is 24.7 Å². The van der Waals surface area contributed by atoms with Crippen LogP contribution in [-0.2, 0) is 0 Å². The molecule has 0 saturated heterocycles. The fourth-order valence-corrected chi connectivity index (χ4v) is 3.87. The number of pyridine rings is 3. The summed E-state index contributed by atoms with van der Waals surface area (Å²) in [5, 5.41) is 23.1. The van der Waals surface area contributed by atoms with Crippen molar-refractivity contribution in [1.29, 1.82) is 0 Å². The van der Waals surface area contributed by atoms with Gasteiger partial charge in [-0.1, -0.05) is 17.8 Å². The molecule has 4 aromatic rings. The van der Waals surface area contributed by atoms with Gasteiger partial charge < -0.3 is 20.3 Å². The van der Waals surface area contributed by atoms with Crippen molar-refractivity contribution < 1.29 is 14.9 Å². The molecule has 0 saturated carbocycles. The van der Waals surface area contributed by atoms with Crippen LogP contribution in [0.2, 0.25) is 0 Å². The molecule has 0 bridgehead atoms. The minimum atomic E-state index is -1.13. The van der Waals surface area contributed by atoms with E-state index in [1.165, 1.54) is 11.8 Å². The molecule has 0 aliphatic carbocycles. The average Bonchev–Trinajstić information content (AvgIpc) is 3.26. The fraction of sp³-hybridized carbons (Fsp3) is 0.150. The molecule has 0 aliphatic heterocycles. The third kappa shape index (κ3) is 5.90.